The van der Waals surface area contributed by atoms with Gasteiger partial charge in [-0.15, -0.1) is 0 Å². The number of H-pyrrole nitrogens is 1. The minimum Gasteiger partial charge on any atom is -0.449 e. The molecule has 0 amide bonds. The van der Waals surface area contributed by atoms with E-state index in [1.54, 1.807) is 18.2 Å². The van der Waals surface area contributed by atoms with E-state index in [4.69, 9.17) is 10.2 Å². The number of aromatic amines is 1. The first-order chi connectivity index (χ1) is 8.15. The fraction of sp³-hybridized carbons (Fsp3) is 0. The summed E-state index contributed by atoms with van der Waals surface area (Å²) >= 11 is 0. The zero-order chi connectivity index (χ0) is 12.0. The second-order valence-corrected chi connectivity index (χ2v) is 3.75. The van der Waals surface area contributed by atoms with Crippen LogP contribution in [0.5, 0.6) is 0 Å². The summed E-state index contributed by atoms with van der Waals surface area (Å²) in [6, 6.07) is 7.82. The van der Waals surface area contributed by atoms with Crippen LogP contribution in [0.3, 0.4) is 0 Å². The van der Waals surface area contributed by atoms with Gasteiger partial charge in [-0.05, 0) is 24.3 Å². The molecule has 1 aromatic carbocycles. The first kappa shape index (κ1) is 9.65. The standard InChI is InChI=1S/C12H8N2O3/c13-6-1-2-7-10(5-6)17-12-8(14-7)3-4-9(15)11(12)16/h1-5,14H,13H2. The maximum atomic E-state index is 11.6. The third-order valence-electron chi connectivity index (χ3n) is 2.56. The summed E-state index contributed by atoms with van der Waals surface area (Å²) in [4.78, 5) is 25.8. The van der Waals surface area contributed by atoms with Gasteiger partial charge in [-0.3, -0.25) is 9.59 Å². The Morgan fingerprint density at radius 1 is 1.12 bits per heavy atom. The maximum absolute atomic E-state index is 11.6. The second kappa shape index (κ2) is 3.21. The topological polar surface area (TPSA) is 89.1 Å². The van der Waals surface area contributed by atoms with Crippen molar-refractivity contribution in [3.8, 4) is 0 Å². The molecule has 3 rings (SSSR count). The van der Waals surface area contributed by atoms with Crippen molar-refractivity contribution >= 4 is 16.8 Å². The lowest BCUT2D eigenvalue weighted by atomic mass is 10.2. The molecule has 17 heavy (non-hydrogen) atoms. The summed E-state index contributed by atoms with van der Waals surface area (Å²) in [6.45, 7) is 0. The molecule has 5 nitrogen and oxygen atoms in total. The normalized spacial score (nSPS) is 11.1. The summed E-state index contributed by atoms with van der Waals surface area (Å²) in [5.74, 6) is 0. The van der Waals surface area contributed by atoms with E-state index in [-0.39, 0.29) is 5.42 Å². The van der Waals surface area contributed by atoms with Crippen LogP contribution < -0.4 is 16.6 Å². The number of hydrogen-bond donors (Lipinski definition) is 2. The van der Waals surface area contributed by atoms with E-state index in [1.807, 2.05) is 0 Å². The molecular formula is C12H8N2O3. The number of rotatable bonds is 0. The van der Waals surface area contributed by atoms with Gasteiger partial charge in [-0.2, -0.15) is 0 Å². The van der Waals surface area contributed by atoms with E-state index in [0.29, 0.717) is 22.1 Å². The molecule has 1 aromatic rings. The summed E-state index contributed by atoms with van der Waals surface area (Å²) < 4.78 is 5.41. The van der Waals surface area contributed by atoms with Crippen molar-refractivity contribution in [1.29, 1.82) is 0 Å². The Kier molecular flexibility index (Phi) is 1.82. The minimum atomic E-state index is -0.650. The molecule has 3 N–H and O–H groups in total. The van der Waals surface area contributed by atoms with Crippen molar-refractivity contribution in [3.05, 3.63) is 61.5 Å². The molecule has 0 spiro atoms. The predicted molar refractivity (Wildman–Crippen MR) is 62.8 cm³/mol. The predicted octanol–water partition coefficient (Wildman–Crippen LogP) is 0.788. The van der Waals surface area contributed by atoms with Crippen LogP contribution in [-0.2, 0) is 0 Å². The first-order valence-corrected chi connectivity index (χ1v) is 5.00. The monoisotopic (exact) mass is 228 g/mol. The highest BCUT2D eigenvalue weighted by atomic mass is 16.3. The van der Waals surface area contributed by atoms with Crippen LogP contribution in [0.4, 0.5) is 5.69 Å². The van der Waals surface area contributed by atoms with Crippen LogP contribution in [0.1, 0.15) is 0 Å². The summed E-state index contributed by atoms with van der Waals surface area (Å²) in [5, 5.41) is 0.492. The third-order valence-corrected chi connectivity index (χ3v) is 2.56. The number of nitrogen functional groups attached to an aromatic ring is 1. The largest absolute Gasteiger partial charge is 0.449 e. The number of hydrogen-bond acceptors (Lipinski definition) is 4. The average Bonchev–Trinajstić information content (AvgIpc) is 2.32. The SMILES string of the molecule is Nc1ccc2[nH]c3ccc(=O)c(=O)c=3oc2c1. The van der Waals surface area contributed by atoms with Gasteiger partial charge in [0.25, 0.3) is 5.43 Å². The lowest BCUT2D eigenvalue weighted by molar-refractivity contribution is 0.555. The summed E-state index contributed by atoms with van der Waals surface area (Å²) in [5.41, 5.74) is 6.10. The first-order valence-electron chi connectivity index (χ1n) is 5.00. The summed E-state index contributed by atoms with van der Waals surface area (Å²) in [7, 11) is 0. The number of benzene rings is 1. The van der Waals surface area contributed by atoms with Crippen LogP contribution >= 0.6 is 0 Å². The molecule has 5 heteroatoms. The Morgan fingerprint density at radius 3 is 2.76 bits per heavy atom. The molecule has 0 fully saturated rings. The zero-order valence-electron chi connectivity index (χ0n) is 8.69. The van der Waals surface area contributed by atoms with Crippen LogP contribution in [0.25, 0.3) is 11.1 Å². The fourth-order valence-electron chi connectivity index (χ4n) is 1.73. The molecule has 2 aliphatic rings. The molecule has 0 saturated carbocycles. The van der Waals surface area contributed by atoms with Gasteiger partial charge in [0.15, 0.2) is 5.58 Å². The molecule has 0 radical (unpaired) electrons. The molecular weight excluding hydrogens is 220 g/mol. The highest BCUT2D eigenvalue weighted by Crippen LogP contribution is 2.14. The number of fused-ring (bicyclic) bond motifs is 1. The van der Waals surface area contributed by atoms with Gasteiger partial charge in [0, 0.05) is 11.8 Å². The van der Waals surface area contributed by atoms with Gasteiger partial charge >= 0.3 is 0 Å². The number of nitrogens with two attached hydrogens (primary N) is 1. The van der Waals surface area contributed by atoms with Crippen molar-refractivity contribution in [2.24, 2.45) is 0 Å². The van der Waals surface area contributed by atoms with Gasteiger partial charge in [-0.25, -0.2) is 0 Å². The number of anilines is 1. The number of nitrogens with one attached hydrogen (secondary N) is 1. The van der Waals surface area contributed by atoms with Gasteiger partial charge in [0.2, 0.25) is 10.8 Å². The molecule has 0 atom stereocenters. The molecule has 0 unspecified atom stereocenters. The summed E-state index contributed by atoms with van der Waals surface area (Å²) in [6.07, 6.45) is 0. The fourth-order valence-corrected chi connectivity index (χ4v) is 1.73. The maximum Gasteiger partial charge on any atom is 0.270 e. The minimum absolute atomic E-state index is 0.0237. The highest BCUT2D eigenvalue weighted by molar-refractivity contribution is 5.75. The third kappa shape index (κ3) is 1.40. The van der Waals surface area contributed by atoms with Crippen molar-refractivity contribution in [3.63, 3.8) is 0 Å². The van der Waals surface area contributed by atoms with Gasteiger partial charge < -0.3 is 15.1 Å². The molecule has 1 aliphatic carbocycles. The lowest BCUT2D eigenvalue weighted by Crippen LogP contribution is -2.23. The van der Waals surface area contributed by atoms with Gasteiger partial charge in [-0.1, -0.05) is 0 Å². The van der Waals surface area contributed by atoms with E-state index < -0.39 is 10.9 Å². The molecule has 1 aliphatic heterocycles. The Hall–Kier alpha value is -2.56. The van der Waals surface area contributed by atoms with Crippen LogP contribution in [0, 0.1) is 10.8 Å². The van der Waals surface area contributed by atoms with Crippen LogP contribution in [-0.4, -0.2) is 4.98 Å². The highest BCUT2D eigenvalue weighted by Gasteiger charge is 2.03. The quantitative estimate of drug-likeness (QED) is 0.439. The average molecular weight is 228 g/mol. The van der Waals surface area contributed by atoms with Crippen LogP contribution in [0.2, 0.25) is 0 Å². The van der Waals surface area contributed by atoms with E-state index in [0.717, 1.165) is 0 Å². The molecule has 0 bridgehead atoms. The Bertz CT molecular complexity index is 892. The zero-order valence-corrected chi connectivity index (χ0v) is 8.69. The second-order valence-electron chi connectivity index (χ2n) is 3.75. The Balaban J connectivity index is 2.64. The Labute approximate surface area is 94.1 Å². The molecule has 1 heterocycles. The molecule has 0 aromatic heterocycles. The number of aromatic nitrogens is 1. The lowest BCUT2D eigenvalue weighted by Gasteiger charge is -2.00. The van der Waals surface area contributed by atoms with E-state index >= 15 is 0 Å². The van der Waals surface area contributed by atoms with E-state index in [2.05, 4.69) is 4.98 Å². The van der Waals surface area contributed by atoms with Gasteiger partial charge in [0.05, 0.1) is 10.9 Å². The van der Waals surface area contributed by atoms with E-state index in [9.17, 15) is 9.59 Å². The van der Waals surface area contributed by atoms with Crippen LogP contribution in [0.15, 0.2) is 44.3 Å². The van der Waals surface area contributed by atoms with Crippen molar-refractivity contribution < 1.29 is 4.42 Å². The van der Waals surface area contributed by atoms with Crippen molar-refractivity contribution in [1.82, 2.24) is 4.98 Å². The van der Waals surface area contributed by atoms with E-state index in [1.165, 1.54) is 12.1 Å². The smallest absolute Gasteiger partial charge is 0.270 e. The molecule has 0 saturated heterocycles. The van der Waals surface area contributed by atoms with Crippen molar-refractivity contribution in [2.45, 2.75) is 0 Å². The van der Waals surface area contributed by atoms with Gasteiger partial charge in [0.1, 0.15) is 0 Å². The Morgan fingerprint density at radius 2 is 1.94 bits per heavy atom. The molecule has 84 valence electrons. The van der Waals surface area contributed by atoms with Crippen molar-refractivity contribution in [2.75, 3.05) is 5.73 Å².